The number of hydrogen-bond donors (Lipinski definition) is 2. The third kappa shape index (κ3) is 2.15. The van der Waals surface area contributed by atoms with Gasteiger partial charge >= 0.3 is 0 Å². The largest absolute Gasteiger partial charge is 0.316 e. The molecule has 1 aliphatic rings. The summed E-state index contributed by atoms with van der Waals surface area (Å²) in [6.45, 7) is 3.36. The maximum absolute atomic E-state index is 10.9. The number of nitrogens with two attached hydrogens (primary N) is 1. The normalized spacial score (nSPS) is 28.7. The van der Waals surface area contributed by atoms with Crippen molar-refractivity contribution in [1.82, 2.24) is 5.32 Å². The van der Waals surface area contributed by atoms with E-state index in [2.05, 4.69) is 5.32 Å². The molecule has 11 heavy (non-hydrogen) atoms. The zero-order valence-electron chi connectivity index (χ0n) is 6.58. The molecule has 0 amide bonds. The van der Waals surface area contributed by atoms with Gasteiger partial charge in [-0.2, -0.15) is 0 Å². The highest BCUT2D eigenvalue weighted by Crippen LogP contribution is 2.16. The molecule has 5 heteroatoms. The molecule has 0 bridgehead atoms. The molecule has 3 N–H and O–H groups in total. The fraction of sp³-hybridized carbons (Fsp3) is 1.00. The van der Waals surface area contributed by atoms with E-state index in [1.807, 2.05) is 0 Å². The van der Waals surface area contributed by atoms with Crippen LogP contribution in [-0.2, 0) is 10.0 Å². The van der Waals surface area contributed by atoms with Crippen molar-refractivity contribution >= 4 is 10.0 Å². The van der Waals surface area contributed by atoms with Crippen molar-refractivity contribution in [3.63, 3.8) is 0 Å². The van der Waals surface area contributed by atoms with E-state index in [1.54, 1.807) is 6.92 Å². The van der Waals surface area contributed by atoms with Crippen LogP contribution in [0.1, 0.15) is 13.3 Å². The number of sulfonamides is 1. The zero-order valence-corrected chi connectivity index (χ0v) is 7.39. The third-order valence-corrected chi connectivity index (χ3v) is 3.70. The highest BCUT2D eigenvalue weighted by molar-refractivity contribution is 7.89. The van der Waals surface area contributed by atoms with Crippen molar-refractivity contribution in [2.75, 3.05) is 13.1 Å². The van der Waals surface area contributed by atoms with E-state index >= 15 is 0 Å². The molecule has 1 aliphatic heterocycles. The summed E-state index contributed by atoms with van der Waals surface area (Å²) in [4.78, 5) is 0. The minimum atomic E-state index is -3.33. The maximum Gasteiger partial charge on any atom is 0.212 e. The van der Waals surface area contributed by atoms with Gasteiger partial charge in [0.25, 0.3) is 0 Å². The van der Waals surface area contributed by atoms with Crippen LogP contribution in [0.15, 0.2) is 0 Å². The summed E-state index contributed by atoms with van der Waals surface area (Å²) in [7, 11) is -3.33. The minimum absolute atomic E-state index is 0.199. The molecular formula is C6H14N2O2S. The van der Waals surface area contributed by atoms with Gasteiger partial charge in [0.15, 0.2) is 0 Å². The Balaban J connectivity index is 2.60. The van der Waals surface area contributed by atoms with Crippen LogP contribution in [0.3, 0.4) is 0 Å². The SMILES string of the molecule is CC(C1CCNC1)S(N)(=O)=O. The van der Waals surface area contributed by atoms with Gasteiger partial charge in [-0.05, 0) is 32.4 Å². The molecule has 4 nitrogen and oxygen atoms in total. The Morgan fingerprint density at radius 1 is 1.64 bits per heavy atom. The lowest BCUT2D eigenvalue weighted by atomic mass is 10.1. The first kappa shape index (κ1) is 8.96. The van der Waals surface area contributed by atoms with Gasteiger partial charge in [-0.25, -0.2) is 13.6 Å². The van der Waals surface area contributed by atoms with Crippen molar-refractivity contribution in [1.29, 1.82) is 0 Å². The summed E-state index contributed by atoms with van der Waals surface area (Å²) >= 11 is 0. The molecule has 2 atom stereocenters. The summed E-state index contributed by atoms with van der Waals surface area (Å²) in [5.74, 6) is 0.199. The number of nitrogens with one attached hydrogen (secondary N) is 1. The molecule has 1 saturated heterocycles. The first-order valence-electron chi connectivity index (χ1n) is 3.74. The Labute approximate surface area is 67.2 Å². The Bertz CT molecular complexity index is 219. The average Bonchev–Trinajstić information content (AvgIpc) is 2.34. The summed E-state index contributed by atoms with van der Waals surface area (Å²) in [6.07, 6.45) is 0.914. The summed E-state index contributed by atoms with van der Waals surface area (Å²) in [6, 6.07) is 0. The van der Waals surface area contributed by atoms with E-state index in [1.165, 1.54) is 0 Å². The van der Waals surface area contributed by atoms with E-state index < -0.39 is 15.3 Å². The fourth-order valence-electron chi connectivity index (χ4n) is 1.35. The van der Waals surface area contributed by atoms with E-state index in [0.29, 0.717) is 0 Å². The van der Waals surface area contributed by atoms with Gasteiger partial charge in [0, 0.05) is 0 Å². The van der Waals surface area contributed by atoms with Crippen molar-refractivity contribution in [2.24, 2.45) is 11.1 Å². The number of rotatable bonds is 2. The molecule has 0 spiro atoms. The number of primary sulfonamides is 1. The Morgan fingerprint density at radius 3 is 2.64 bits per heavy atom. The van der Waals surface area contributed by atoms with Gasteiger partial charge in [0.1, 0.15) is 0 Å². The highest BCUT2D eigenvalue weighted by atomic mass is 32.2. The standard InChI is InChI=1S/C6H14N2O2S/c1-5(11(7,9)10)6-2-3-8-4-6/h5-6,8H,2-4H2,1H3,(H2,7,9,10). The molecule has 1 heterocycles. The first-order valence-corrected chi connectivity index (χ1v) is 5.35. The van der Waals surface area contributed by atoms with Crippen LogP contribution in [0.25, 0.3) is 0 Å². The zero-order chi connectivity index (χ0) is 8.48. The van der Waals surface area contributed by atoms with Crippen molar-refractivity contribution < 1.29 is 8.42 Å². The van der Waals surface area contributed by atoms with Crippen LogP contribution in [0.2, 0.25) is 0 Å². The van der Waals surface area contributed by atoms with Crippen LogP contribution in [0.4, 0.5) is 0 Å². The molecule has 66 valence electrons. The lowest BCUT2D eigenvalue weighted by Gasteiger charge is -2.14. The lowest BCUT2D eigenvalue weighted by Crippen LogP contribution is -2.33. The van der Waals surface area contributed by atoms with E-state index in [4.69, 9.17) is 5.14 Å². The van der Waals surface area contributed by atoms with E-state index in [-0.39, 0.29) is 5.92 Å². The molecule has 1 rings (SSSR count). The summed E-state index contributed by atoms with van der Waals surface area (Å²) < 4.78 is 21.7. The third-order valence-electron chi connectivity index (χ3n) is 2.28. The first-order chi connectivity index (χ1) is 5.02. The van der Waals surface area contributed by atoms with Gasteiger partial charge in [0.2, 0.25) is 10.0 Å². The predicted octanol–water partition coefficient (Wildman–Crippen LogP) is -0.727. The van der Waals surface area contributed by atoms with Gasteiger partial charge in [-0.15, -0.1) is 0 Å². The quantitative estimate of drug-likeness (QED) is 0.585. The van der Waals surface area contributed by atoms with Gasteiger partial charge < -0.3 is 5.32 Å². The lowest BCUT2D eigenvalue weighted by molar-refractivity contribution is 0.521. The van der Waals surface area contributed by atoms with Crippen LogP contribution in [0, 0.1) is 5.92 Å². The van der Waals surface area contributed by atoms with Gasteiger partial charge in [-0.3, -0.25) is 0 Å². The Kier molecular flexibility index (Phi) is 2.51. The Morgan fingerprint density at radius 2 is 2.27 bits per heavy atom. The van der Waals surface area contributed by atoms with E-state index in [9.17, 15) is 8.42 Å². The van der Waals surface area contributed by atoms with Crippen LogP contribution in [-0.4, -0.2) is 26.8 Å². The smallest absolute Gasteiger partial charge is 0.212 e. The monoisotopic (exact) mass is 178 g/mol. The van der Waals surface area contributed by atoms with E-state index in [0.717, 1.165) is 19.5 Å². The highest BCUT2D eigenvalue weighted by Gasteiger charge is 2.28. The molecular weight excluding hydrogens is 164 g/mol. The minimum Gasteiger partial charge on any atom is -0.316 e. The van der Waals surface area contributed by atoms with Gasteiger partial charge in [-0.1, -0.05) is 0 Å². The molecule has 0 aromatic carbocycles. The van der Waals surface area contributed by atoms with Crippen molar-refractivity contribution in [3.05, 3.63) is 0 Å². The molecule has 0 aromatic rings. The average molecular weight is 178 g/mol. The Hall–Kier alpha value is -0.130. The molecule has 0 saturated carbocycles. The maximum atomic E-state index is 10.9. The van der Waals surface area contributed by atoms with Crippen LogP contribution in [0.5, 0.6) is 0 Å². The van der Waals surface area contributed by atoms with Crippen LogP contribution >= 0.6 is 0 Å². The topological polar surface area (TPSA) is 72.2 Å². The van der Waals surface area contributed by atoms with Crippen molar-refractivity contribution in [2.45, 2.75) is 18.6 Å². The molecule has 0 radical (unpaired) electrons. The second-order valence-electron chi connectivity index (χ2n) is 3.05. The van der Waals surface area contributed by atoms with Gasteiger partial charge in [0.05, 0.1) is 5.25 Å². The summed E-state index contributed by atoms with van der Waals surface area (Å²) in [5.41, 5.74) is 0. The molecule has 1 fully saturated rings. The molecule has 2 unspecified atom stereocenters. The predicted molar refractivity (Wildman–Crippen MR) is 43.5 cm³/mol. The molecule has 0 aromatic heterocycles. The second-order valence-corrected chi connectivity index (χ2v) is 4.97. The summed E-state index contributed by atoms with van der Waals surface area (Å²) in [5, 5.41) is 7.70. The molecule has 0 aliphatic carbocycles. The second kappa shape index (κ2) is 3.08. The number of hydrogen-bond acceptors (Lipinski definition) is 3. The van der Waals surface area contributed by atoms with Crippen LogP contribution < -0.4 is 10.5 Å². The van der Waals surface area contributed by atoms with Crippen molar-refractivity contribution in [3.8, 4) is 0 Å². The fourth-order valence-corrected chi connectivity index (χ4v) is 2.11.